The van der Waals surface area contributed by atoms with Gasteiger partial charge in [-0.05, 0) is 0 Å². The molecule has 3 N–H and O–H groups in total. The number of carbonyl (C=O) groups excluding carboxylic acids is 1. The summed E-state index contributed by atoms with van der Waals surface area (Å²) in [5, 5.41) is 34.8. The fraction of sp³-hybridized carbons (Fsp3) is 0.545. The predicted octanol–water partition coefficient (Wildman–Crippen LogP) is -2.09. The Balaban J connectivity index is 0. The second-order valence-electron chi connectivity index (χ2n) is 4.71. The van der Waals surface area contributed by atoms with Gasteiger partial charge in [-0.2, -0.15) is 0 Å². The molecule has 0 spiro atoms. The lowest BCUT2D eigenvalue weighted by Crippen LogP contribution is -2.43. The van der Waals surface area contributed by atoms with Crippen LogP contribution in [-0.2, 0) is 14.4 Å². The third-order valence-electron chi connectivity index (χ3n) is 1.53. The Labute approximate surface area is 110 Å². The number of carboxylic acid groups (broad SMARTS) is 3. The summed E-state index contributed by atoms with van der Waals surface area (Å²) in [5.41, 5.74) is 0. The normalized spacial score (nSPS) is 12.4. The van der Waals surface area contributed by atoms with Gasteiger partial charge in [0.15, 0.2) is 0 Å². The largest absolute Gasteiger partial charge is 0.550 e. The van der Waals surface area contributed by atoms with Gasteiger partial charge in [-0.3, -0.25) is 0 Å². The third-order valence-corrected chi connectivity index (χ3v) is 1.53. The summed E-state index contributed by atoms with van der Waals surface area (Å²) >= 11 is 0. The summed E-state index contributed by atoms with van der Waals surface area (Å²) in [7, 11) is 5.66. The Morgan fingerprint density at radius 3 is 1.68 bits per heavy atom. The molecule has 0 heterocycles. The van der Waals surface area contributed by atoms with Crippen molar-refractivity contribution in [3.05, 3.63) is 12.2 Å². The van der Waals surface area contributed by atoms with Crippen LogP contribution in [0.3, 0.4) is 0 Å². The van der Waals surface area contributed by atoms with Crippen molar-refractivity contribution in [2.45, 2.75) is 12.5 Å². The van der Waals surface area contributed by atoms with Gasteiger partial charge in [0.1, 0.15) is 12.6 Å². The fourth-order valence-corrected chi connectivity index (χ4v) is 1.03. The minimum atomic E-state index is -1.26. The third kappa shape index (κ3) is 21.8. The minimum Gasteiger partial charge on any atom is -0.550 e. The van der Waals surface area contributed by atoms with Gasteiger partial charge in [0, 0.05) is 24.5 Å². The van der Waals surface area contributed by atoms with Crippen molar-refractivity contribution in [1.82, 2.24) is 0 Å². The highest BCUT2D eigenvalue weighted by molar-refractivity contribution is 5.89. The maximum Gasteiger partial charge on any atom is 0.328 e. The van der Waals surface area contributed by atoms with E-state index in [4.69, 9.17) is 15.3 Å². The molecule has 0 aromatic heterocycles. The van der Waals surface area contributed by atoms with Crippen LogP contribution in [0.5, 0.6) is 0 Å². The van der Waals surface area contributed by atoms with Crippen LogP contribution in [0.25, 0.3) is 0 Å². The second kappa shape index (κ2) is 9.06. The standard InChI is InChI=1S/C7H15NO3.C4H4O4/c1-8(2,3)5-6(9)4-7(10)11;5-3(6)1-2-4(7)8/h6,9H,4-5H2,1-3H3;1-2H,(H,5,6)(H,7,8)/b;2-1-/t6-;/m1./s1. The monoisotopic (exact) mass is 277 g/mol. The average Bonchev–Trinajstić information content (AvgIpc) is 2.10. The first-order valence-corrected chi connectivity index (χ1v) is 5.26. The topological polar surface area (TPSA) is 135 Å². The van der Waals surface area contributed by atoms with E-state index in [-0.39, 0.29) is 6.42 Å². The van der Waals surface area contributed by atoms with Gasteiger partial charge in [0.25, 0.3) is 0 Å². The quantitative estimate of drug-likeness (QED) is 0.374. The van der Waals surface area contributed by atoms with Crippen LogP contribution < -0.4 is 5.11 Å². The van der Waals surface area contributed by atoms with E-state index in [9.17, 15) is 19.5 Å². The van der Waals surface area contributed by atoms with Gasteiger partial charge in [0.05, 0.1) is 21.1 Å². The molecule has 0 saturated heterocycles. The molecule has 0 amide bonds. The molecule has 8 nitrogen and oxygen atoms in total. The maximum atomic E-state index is 10.0. The van der Waals surface area contributed by atoms with E-state index >= 15 is 0 Å². The molecule has 0 bridgehead atoms. The SMILES string of the molecule is C[N+](C)(C)C[C@H](O)CC(=O)[O-].O=C(O)/C=C\C(=O)O. The smallest absolute Gasteiger partial charge is 0.328 e. The van der Waals surface area contributed by atoms with Gasteiger partial charge >= 0.3 is 11.9 Å². The van der Waals surface area contributed by atoms with Crippen molar-refractivity contribution in [3.8, 4) is 0 Å². The molecular formula is C11H19NO7. The molecule has 0 unspecified atom stereocenters. The lowest BCUT2D eigenvalue weighted by molar-refractivity contribution is -0.873. The van der Waals surface area contributed by atoms with Gasteiger partial charge in [-0.25, -0.2) is 9.59 Å². The first-order valence-electron chi connectivity index (χ1n) is 5.26. The van der Waals surface area contributed by atoms with Gasteiger partial charge < -0.3 is 29.7 Å². The summed E-state index contributed by atoms with van der Waals surface area (Å²) in [5.74, 6) is -3.72. The zero-order valence-electron chi connectivity index (χ0n) is 11.1. The van der Waals surface area contributed by atoms with E-state index in [2.05, 4.69) is 0 Å². The molecule has 0 aliphatic heterocycles. The molecule has 0 aromatic rings. The molecule has 19 heavy (non-hydrogen) atoms. The van der Waals surface area contributed by atoms with Crippen molar-refractivity contribution >= 4 is 17.9 Å². The average molecular weight is 277 g/mol. The van der Waals surface area contributed by atoms with Gasteiger partial charge in [-0.1, -0.05) is 0 Å². The highest BCUT2D eigenvalue weighted by Crippen LogP contribution is 1.97. The van der Waals surface area contributed by atoms with E-state index in [0.29, 0.717) is 23.2 Å². The lowest BCUT2D eigenvalue weighted by atomic mass is 10.2. The summed E-state index contributed by atoms with van der Waals surface area (Å²) in [4.78, 5) is 29.1. The molecule has 110 valence electrons. The first-order chi connectivity index (χ1) is 8.44. The maximum absolute atomic E-state index is 10.0. The highest BCUT2D eigenvalue weighted by Gasteiger charge is 2.14. The van der Waals surface area contributed by atoms with Crippen LogP contribution >= 0.6 is 0 Å². The highest BCUT2D eigenvalue weighted by atomic mass is 16.4. The summed E-state index contributed by atoms with van der Waals surface area (Å²) in [6, 6.07) is 0. The van der Waals surface area contributed by atoms with Crippen LogP contribution in [0.15, 0.2) is 12.2 Å². The number of likely N-dealkylation sites (N-methyl/N-ethyl adjacent to an activating group) is 1. The molecule has 0 fully saturated rings. The van der Waals surface area contributed by atoms with Crippen LogP contribution in [0, 0.1) is 0 Å². The Hall–Kier alpha value is -1.93. The zero-order chi connectivity index (χ0) is 15.6. The Kier molecular flexibility index (Phi) is 9.26. The van der Waals surface area contributed by atoms with Crippen LogP contribution in [-0.4, -0.2) is 71.5 Å². The number of quaternary nitrogens is 1. The van der Waals surface area contributed by atoms with Crippen molar-refractivity contribution in [2.24, 2.45) is 0 Å². The van der Waals surface area contributed by atoms with Gasteiger partial charge in [-0.15, -0.1) is 0 Å². The number of carboxylic acids is 3. The van der Waals surface area contributed by atoms with Crippen LogP contribution in [0.1, 0.15) is 6.42 Å². The molecule has 0 radical (unpaired) electrons. The molecule has 1 atom stereocenters. The Bertz CT molecular complexity index is 327. The molecule has 0 aliphatic rings. The molecular weight excluding hydrogens is 258 g/mol. The number of hydrogen-bond acceptors (Lipinski definition) is 5. The van der Waals surface area contributed by atoms with Crippen molar-refractivity contribution in [1.29, 1.82) is 0 Å². The van der Waals surface area contributed by atoms with Crippen LogP contribution in [0.2, 0.25) is 0 Å². The first kappa shape index (κ1) is 19.4. The predicted molar refractivity (Wildman–Crippen MR) is 62.9 cm³/mol. The van der Waals surface area contributed by atoms with Crippen LogP contribution in [0.4, 0.5) is 0 Å². The number of rotatable bonds is 6. The number of aliphatic hydroxyl groups is 1. The molecule has 0 aromatic carbocycles. The fourth-order valence-electron chi connectivity index (χ4n) is 1.03. The van der Waals surface area contributed by atoms with Crippen molar-refractivity contribution in [2.75, 3.05) is 27.7 Å². The van der Waals surface area contributed by atoms with Crippen molar-refractivity contribution in [3.63, 3.8) is 0 Å². The number of aliphatic carboxylic acids is 3. The summed E-state index contributed by atoms with van der Waals surface area (Å²) in [6.07, 6.45) is 0.0280. The van der Waals surface area contributed by atoms with E-state index in [1.807, 2.05) is 21.1 Å². The van der Waals surface area contributed by atoms with Gasteiger partial charge in [0.2, 0.25) is 0 Å². The second-order valence-corrected chi connectivity index (χ2v) is 4.71. The summed E-state index contributed by atoms with van der Waals surface area (Å²) in [6.45, 7) is 0.425. The molecule has 0 aliphatic carbocycles. The zero-order valence-corrected chi connectivity index (χ0v) is 11.1. The summed E-state index contributed by atoms with van der Waals surface area (Å²) < 4.78 is 0.550. The van der Waals surface area contributed by atoms with E-state index in [1.165, 1.54) is 0 Å². The Morgan fingerprint density at radius 2 is 1.47 bits per heavy atom. The number of aliphatic hydroxyl groups excluding tert-OH is 1. The number of nitrogens with zero attached hydrogens (tertiary/aromatic N) is 1. The minimum absolute atomic E-state index is 0.282. The number of carbonyl (C=O) groups is 3. The molecule has 8 heteroatoms. The Morgan fingerprint density at radius 1 is 1.11 bits per heavy atom. The van der Waals surface area contributed by atoms with E-state index in [0.717, 1.165) is 0 Å². The molecule has 0 saturated carbocycles. The van der Waals surface area contributed by atoms with E-state index in [1.54, 1.807) is 0 Å². The molecule has 0 rings (SSSR count). The lowest BCUT2D eigenvalue weighted by Gasteiger charge is -2.26. The number of hydrogen-bond donors (Lipinski definition) is 3. The van der Waals surface area contributed by atoms with E-state index < -0.39 is 24.0 Å². The van der Waals surface area contributed by atoms with Crippen molar-refractivity contribution < 1.29 is 39.3 Å².